The molecule has 7 nitrogen and oxygen atoms in total. The number of anilines is 1. The second-order valence-electron chi connectivity index (χ2n) is 9.72. The van der Waals surface area contributed by atoms with E-state index in [4.69, 9.17) is 0 Å². The minimum Gasteiger partial charge on any atom is -0.325 e. The van der Waals surface area contributed by atoms with Gasteiger partial charge in [-0.25, -0.2) is 0 Å². The summed E-state index contributed by atoms with van der Waals surface area (Å²) in [6, 6.07) is 8.09. The molecule has 0 unspecified atom stereocenters. The van der Waals surface area contributed by atoms with Crippen molar-refractivity contribution in [3.63, 3.8) is 0 Å². The number of carbonyl (C=O) groups excluding carboxylic acids is 1. The summed E-state index contributed by atoms with van der Waals surface area (Å²) in [5.74, 6) is -0.00911. The quantitative estimate of drug-likeness (QED) is 0.432. The van der Waals surface area contributed by atoms with Crippen LogP contribution in [-0.4, -0.2) is 31.8 Å². The largest absolute Gasteiger partial charge is 0.325 e. The molecule has 1 aliphatic rings. The predicted molar refractivity (Wildman–Crippen MR) is 146 cm³/mol. The van der Waals surface area contributed by atoms with Crippen molar-refractivity contribution >= 4 is 50.6 Å². The highest BCUT2D eigenvalue weighted by atomic mass is 32.2. The lowest BCUT2D eigenvalue weighted by Crippen LogP contribution is -2.19. The van der Waals surface area contributed by atoms with Gasteiger partial charge in [-0.2, -0.15) is 10.2 Å². The normalized spacial score (nSPS) is 18.7. The molecule has 0 bridgehead atoms. The van der Waals surface area contributed by atoms with Gasteiger partial charge in [0.1, 0.15) is 5.04 Å². The number of aromatic nitrogens is 3. The van der Waals surface area contributed by atoms with Crippen LogP contribution in [0.2, 0.25) is 0 Å². The number of H-pyrrole nitrogens is 1. The summed E-state index contributed by atoms with van der Waals surface area (Å²) in [4.78, 5) is 17.9. The second kappa shape index (κ2) is 10.8. The van der Waals surface area contributed by atoms with E-state index in [1.165, 1.54) is 0 Å². The average Bonchev–Trinajstić information content (AvgIpc) is 3.32. The smallest absolute Gasteiger partial charge is 0.224 e. The van der Waals surface area contributed by atoms with E-state index >= 15 is 0 Å². The molecule has 1 aliphatic heterocycles. The van der Waals surface area contributed by atoms with E-state index in [9.17, 15) is 4.79 Å². The van der Waals surface area contributed by atoms with Crippen molar-refractivity contribution < 1.29 is 4.79 Å². The standard InChI is InChI=1S/C27H30N6OS/c1-18-8-9-19(21-15-29-30-16-21)6-5-7-26(33-32-18)35-23-10-11-24-20(13-23)12-22(17-28-24)31-25(34)14-27(2,3)4/h6,8-13,15-17H,5,7,14H2,1-4H3,(H,29,30)(H,31,34)/b9-8-,19-6?,32-18+,33-26+. The van der Waals surface area contributed by atoms with Crippen molar-refractivity contribution in [3.8, 4) is 0 Å². The van der Waals surface area contributed by atoms with Crippen molar-refractivity contribution in [1.29, 1.82) is 0 Å². The number of thioether (sulfide) groups is 1. The first kappa shape index (κ1) is 24.6. The van der Waals surface area contributed by atoms with Crippen LogP contribution < -0.4 is 5.32 Å². The van der Waals surface area contributed by atoms with Gasteiger partial charge in [0.05, 0.1) is 29.3 Å². The van der Waals surface area contributed by atoms with Crippen LogP contribution in [0, 0.1) is 5.41 Å². The zero-order valence-electron chi connectivity index (χ0n) is 20.5. The van der Waals surface area contributed by atoms with Crippen LogP contribution in [0.4, 0.5) is 5.69 Å². The summed E-state index contributed by atoms with van der Waals surface area (Å²) in [5.41, 5.74) is 4.50. The topological polar surface area (TPSA) is 95.4 Å². The Morgan fingerprint density at radius 1 is 1.14 bits per heavy atom. The number of pyridine rings is 1. The maximum Gasteiger partial charge on any atom is 0.224 e. The highest BCUT2D eigenvalue weighted by Gasteiger charge is 2.16. The lowest BCUT2D eigenvalue weighted by molar-refractivity contribution is -0.117. The maximum absolute atomic E-state index is 12.3. The minimum atomic E-state index is -0.0700. The zero-order valence-corrected chi connectivity index (χ0v) is 21.3. The van der Waals surface area contributed by atoms with Crippen LogP contribution in [0.25, 0.3) is 16.5 Å². The number of carbonyl (C=O) groups is 1. The highest BCUT2D eigenvalue weighted by Crippen LogP contribution is 2.28. The van der Waals surface area contributed by atoms with Crippen LogP contribution in [0.15, 0.2) is 76.2 Å². The summed E-state index contributed by atoms with van der Waals surface area (Å²) >= 11 is 1.60. The first-order valence-electron chi connectivity index (χ1n) is 11.6. The second-order valence-corrected chi connectivity index (χ2v) is 10.9. The Kier molecular flexibility index (Phi) is 7.60. The van der Waals surface area contributed by atoms with Gasteiger partial charge in [0.2, 0.25) is 5.91 Å². The molecule has 2 N–H and O–H groups in total. The van der Waals surface area contributed by atoms with E-state index in [2.05, 4.69) is 42.8 Å². The zero-order chi connectivity index (χ0) is 24.8. The molecule has 8 heteroatoms. The van der Waals surface area contributed by atoms with Crippen molar-refractivity contribution in [1.82, 2.24) is 15.2 Å². The lowest BCUT2D eigenvalue weighted by atomic mass is 9.92. The molecular formula is C27H30N6OS. The first-order valence-corrected chi connectivity index (χ1v) is 12.4. The number of hydrogen-bond donors (Lipinski definition) is 2. The first-order chi connectivity index (χ1) is 16.7. The lowest BCUT2D eigenvalue weighted by Gasteiger charge is -2.17. The molecule has 1 aromatic carbocycles. The molecule has 2 aromatic heterocycles. The van der Waals surface area contributed by atoms with E-state index in [-0.39, 0.29) is 11.3 Å². The Labute approximate surface area is 209 Å². The molecule has 1 amide bonds. The summed E-state index contributed by atoms with van der Waals surface area (Å²) in [6.45, 7) is 8.08. The Morgan fingerprint density at radius 2 is 2.00 bits per heavy atom. The van der Waals surface area contributed by atoms with Gasteiger partial charge in [-0.3, -0.25) is 14.9 Å². The van der Waals surface area contributed by atoms with E-state index in [1.54, 1.807) is 18.0 Å². The molecule has 0 radical (unpaired) electrons. The third-order valence-electron chi connectivity index (χ3n) is 5.24. The van der Waals surface area contributed by atoms with Crippen molar-refractivity contribution in [2.24, 2.45) is 15.6 Å². The van der Waals surface area contributed by atoms with Crippen LogP contribution >= 0.6 is 11.8 Å². The fourth-order valence-corrected chi connectivity index (χ4v) is 4.50. The fraction of sp³-hybridized carbons (Fsp3) is 0.296. The van der Waals surface area contributed by atoms with Gasteiger partial charge in [0.15, 0.2) is 0 Å². The van der Waals surface area contributed by atoms with Crippen LogP contribution in [-0.2, 0) is 4.79 Å². The molecule has 3 aromatic rings. The summed E-state index contributed by atoms with van der Waals surface area (Å²) in [5, 5.41) is 20.7. The molecule has 180 valence electrons. The van der Waals surface area contributed by atoms with Gasteiger partial charge >= 0.3 is 0 Å². The molecule has 0 atom stereocenters. The number of fused-ring (bicyclic) bond motifs is 1. The van der Waals surface area contributed by atoms with Gasteiger partial charge in [0.25, 0.3) is 0 Å². The maximum atomic E-state index is 12.3. The summed E-state index contributed by atoms with van der Waals surface area (Å²) in [7, 11) is 0. The number of nitrogens with zero attached hydrogens (tertiary/aromatic N) is 4. The van der Waals surface area contributed by atoms with E-state index < -0.39 is 0 Å². The third-order valence-corrected chi connectivity index (χ3v) is 6.25. The molecule has 0 fully saturated rings. The van der Waals surface area contributed by atoms with E-state index in [1.807, 2.05) is 70.4 Å². The Balaban J connectivity index is 1.51. The van der Waals surface area contributed by atoms with E-state index in [0.29, 0.717) is 12.1 Å². The van der Waals surface area contributed by atoms with E-state index in [0.717, 1.165) is 50.5 Å². The Hall–Kier alpha value is -3.52. The molecule has 3 heterocycles. The number of allylic oxidation sites excluding steroid dienone is 4. The molecule has 35 heavy (non-hydrogen) atoms. The van der Waals surface area contributed by atoms with Gasteiger partial charge in [-0.1, -0.05) is 44.7 Å². The molecule has 0 saturated carbocycles. The van der Waals surface area contributed by atoms with Crippen molar-refractivity contribution in [2.45, 2.75) is 51.9 Å². The van der Waals surface area contributed by atoms with Gasteiger partial charge in [-0.05, 0) is 54.7 Å². The Bertz CT molecular complexity index is 1330. The fourth-order valence-electron chi connectivity index (χ4n) is 3.61. The number of benzene rings is 1. The molecule has 0 spiro atoms. The van der Waals surface area contributed by atoms with Gasteiger partial charge < -0.3 is 5.32 Å². The predicted octanol–water partition coefficient (Wildman–Crippen LogP) is 6.63. The SMILES string of the molecule is CC1=N\N=C(\Sc2ccc3ncc(NC(=O)CC(C)(C)C)cc3c2)CCC=C(c2cn[nH]c2)/C=C\1. The van der Waals surface area contributed by atoms with Crippen LogP contribution in [0.5, 0.6) is 0 Å². The van der Waals surface area contributed by atoms with Crippen molar-refractivity contribution in [3.05, 3.63) is 66.6 Å². The number of hydrogen-bond acceptors (Lipinski definition) is 6. The minimum absolute atomic E-state index is 0.00911. The van der Waals surface area contributed by atoms with Gasteiger partial charge in [-0.15, -0.1) is 5.10 Å². The molecule has 0 saturated heterocycles. The Morgan fingerprint density at radius 3 is 2.77 bits per heavy atom. The monoisotopic (exact) mass is 486 g/mol. The number of nitrogens with one attached hydrogen (secondary N) is 2. The average molecular weight is 487 g/mol. The summed E-state index contributed by atoms with van der Waals surface area (Å²) in [6.07, 6.45) is 13.7. The summed E-state index contributed by atoms with van der Waals surface area (Å²) < 4.78 is 0. The number of aromatic amines is 1. The number of amides is 1. The highest BCUT2D eigenvalue weighted by molar-refractivity contribution is 8.14. The van der Waals surface area contributed by atoms with Crippen molar-refractivity contribution in [2.75, 3.05) is 5.32 Å². The van der Waals surface area contributed by atoms with Crippen LogP contribution in [0.1, 0.15) is 52.5 Å². The third kappa shape index (κ3) is 7.23. The van der Waals surface area contributed by atoms with Gasteiger partial charge in [0, 0.05) is 34.9 Å². The molecular weight excluding hydrogens is 456 g/mol. The molecule has 0 aliphatic carbocycles. The van der Waals surface area contributed by atoms with Crippen LogP contribution in [0.3, 0.4) is 0 Å². The molecule has 4 rings (SSSR count). The number of rotatable bonds is 4.